The number of rotatable bonds is 6. The smallest absolute Gasteiger partial charge is 0.408 e. The molecule has 0 saturated heterocycles. The zero-order valence-corrected chi connectivity index (χ0v) is 21.8. The first-order valence-electron chi connectivity index (χ1n) is 11.8. The Morgan fingerprint density at radius 2 is 0.868 bits per heavy atom. The summed E-state index contributed by atoms with van der Waals surface area (Å²) in [5, 5.41) is 4.39. The zero-order valence-electron chi connectivity index (χ0n) is 21.8. The van der Waals surface area contributed by atoms with Crippen molar-refractivity contribution in [3.63, 3.8) is 0 Å². The fraction of sp³-hybridized carbons (Fsp3) is 0.462. The molecule has 2 amide bonds. The molecule has 0 aromatic heterocycles. The van der Waals surface area contributed by atoms with Gasteiger partial charge in [-0.3, -0.25) is 28.8 Å². The molecule has 3 rings (SSSR count). The molecule has 0 spiro atoms. The van der Waals surface area contributed by atoms with E-state index < -0.39 is 83.0 Å². The number of alkyl carbamates (subject to hydrolysis) is 2. The van der Waals surface area contributed by atoms with E-state index in [-0.39, 0.29) is 22.3 Å². The van der Waals surface area contributed by atoms with Gasteiger partial charge in [0.25, 0.3) is 0 Å². The number of carbonyl (C=O) groups excluding carboxylic acids is 8. The molecular formula is C26H28N2O10. The Bertz CT molecular complexity index is 1150. The molecule has 1 aromatic carbocycles. The summed E-state index contributed by atoms with van der Waals surface area (Å²) >= 11 is 0. The number of hydrogen-bond donors (Lipinski definition) is 2. The summed E-state index contributed by atoms with van der Waals surface area (Å²) in [4.78, 5) is 100. The van der Waals surface area contributed by atoms with Crippen LogP contribution in [0.1, 0.15) is 83.0 Å². The maximum Gasteiger partial charge on any atom is 0.408 e. The van der Waals surface area contributed by atoms with Crippen LogP contribution >= 0.6 is 0 Å². The van der Waals surface area contributed by atoms with Crippen molar-refractivity contribution in [2.24, 2.45) is 11.8 Å². The molecule has 2 aliphatic rings. The van der Waals surface area contributed by atoms with E-state index in [9.17, 15) is 38.4 Å². The summed E-state index contributed by atoms with van der Waals surface area (Å²) in [6.07, 6.45) is -1.82. The second kappa shape index (κ2) is 9.92. The number of benzene rings is 1. The van der Waals surface area contributed by atoms with Crippen molar-refractivity contribution in [2.75, 3.05) is 13.1 Å². The highest BCUT2D eigenvalue weighted by Crippen LogP contribution is 2.35. The van der Waals surface area contributed by atoms with Gasteiger partial charge in [-0.25, -0.2) is 9.59 Å². The van der Waals surface area contributed by atoms with Crippen molar-refractivity contribution in [3.05, 3.63) is 34.4 Å². The van der Waals surface area contributed by atoms with Crippen LogP contribution in [0.15, 0.2) is 12.1 Å². The predicted octanol–water partition coefficient (Wildman–Crippen LogP) is 1.86. The highest BCUT2D eigenvalue weighted by molar-refractivity contribution is 6.40. The molecule has 0 bridgehead atoms. The molecule has 2 aliphatic carbocycles. The molecule has 0 atom stereocenters. The van der Waals surface area contributed by atoms with Crippen LogP contribution in [0.5, 0.6) is 0 Å². The number of ether oxygens (including phenoxy) is 2. The standard InChI is InChI=1S/C26H28N2O10/c1-25(2,3)37-23(35)27-9-15(29)17-19(31)11-7-13-14(8-12(11)20(17)32)22(34)18(21(13)33)16(30)10-28-24(36)38-26(4,5)6/h7-8,17-18H,9-10H2,1-6H3,(H,27,35)(H,28,36). The Balaban J connectivity index is 1.74. The van der Waals surface area contributed by atoms with Crippen molar-refractivity contribution < 1.29 is 47.8 Å². The number of Topliss-reactive ketones (excluding diaryl/α,β-unsaturated/α-hetero) is 6. The first-order chi connectivity index (χ1) is 17.4. The second-order valence-electron chi connectivity index (χ2n) is 10.9. The molecule has 0 radical (unpaired) electrons. The summed E-state index contributed by atoms with van der Waals surface area (Å²) in [6.45, 7) is 8.41. The van der Waals surface area contributed by atoms with Gasteiger partial charge in [-0.1, -0.05) is 0 Å². The average molecular weight is 529 g/mol. The summed E-state index contributed by atoms with van der Waals surface area (Å²) in [6, 6.07) is 2.07. The highest BCUT2D eigenvalue weighted by atomic mass is 16.6. The quantitative estimate of drug-likeness (QED) is 0.518. The number of ketones is 6. The van der Waals surface area contributed by atoms with Crippen molar-refractivity contribution in [1.29, 1.82) is 0 Å². The molecule has 2 N–H and O–H groups in total. The van der Waals surface area contributed by atoms with E-state index in [2.05, 4.69) is 10.6 Å². The lowest BCUT2D eigenvalue weighted by molar-refractivity contribution is -0.120. The topological polar surface area (TPSA) is 179 Å². The number of fused-ring (bicyclic) bond motifs is 2. The van der Waals surface area contributed by atoms with Crippen molar-refractivity contribution in [1.82, 2.24) is 10.6 Å². The summed E-state index contributed by atoms with van der Waals surface area (Å²) in [7, 11) is 0. The van der Waals surface area contributed by atoms with Crippen LogP contribution in [0.2, 0.25) is 0 Å². The van der Waals surface area contributed by atoms with E-state index in [1.165, 1.54) is 0 Å². The van der Waals surface area contributed by atoms with Crippen LogP contribution in [0.3, 0.4) is 0 Å². The van der Waals surface area contributed by atoms with Crippen molar-refractivity contribution in [2.45, 2.75) is 52.7 Å². The minimum atomic E-state index is -1.75. The van der Waals surface area contributed by atoms with Crippen LogP contribution in [-0.4, -0.2) is 71.2 Å². The van der Waals surface area contributed by atoms with Gasteiger partial charge in [0, 0.05) is 22.3 Å². The summed E-state index contributed by atoms with van der Waals surface area (Å²) < 4.78 is 10.0. The first-order valence-corrected chi connectivity index (χ1v) is 11.8. The van der Waals surface area contributed by atoms with Gasteiger partial charge >= 0.3 is 12.2 Å². The van der Waals surface area contributed by atoms with Crippen molar-refractivity contribution in [3.8, 4) is 0 Å². The Labute approximate surface area is 217 Å². The third-order valence-corrected chi connectivity index (χ3v) is 5.52. The Hall–Kier alpha value is -4.22. The molecule has 202 valence electrons. The maximum absolute atomic E-state index is 12.9. The Morgan fingerprint density at radius 1 is 0.605 bits per heavy atom. The number of nitrogens with one attached hydrogen (secondary N) is 2. The van der Waals surface area contributed by atoms with Crippen LogP contribution in [0, 0.1) is 11.8 Å². The van der Waals surface area contributed by atoms with E-state index in [1.54, 1.807) is 41.5 Å². The van der Waals surface area contributed by atoms with Gasteiger partial charge in [0.1, 0.15) is 23.0 Å². The Kier molecular flexibility index (Phi) is 7.40. The number of hydrogen-bond acceptors (Lipinski definition) is 10. The molecule has 0 heterocycles. The van der Waals surface area contributed by atoms with Gasteiger partial charge in [-0.15, -0.1) is 0 Å². The van der Waals surface area contributed by atoms with Crippen LogP contribution in [0.4, 0.5) is 9.59 Å². The van der Waals surface area contributed by atoms with Gasteiger partial charge in [-0.05, 0) is 53.7 Å². The van der Waals surface area contributed by atoms with Gasteiger partial charge in [0.15, 0.2) is 34.7 Å². The lowest BCUT2D eigenvalue weighted by Gasteiger charge is -2.19. The molecular weight excluding hydrogens is 500 g/mol. The minimum absolute atomic E-state index is 0.231. The largest absolute Gasteiger partial charge is 0.444 e. The van der Waals surface area contributed by atoms with Crippen LogP contribution in [-0.2, 0) is 19.1 Å². The fourth-order valence-corrected chi connectivity index (χ4v) is 4.01. The van der Waals surface area contributed by atoms with E-state index in [4.69, 9.17) is 9.47 Å². The third-order valence-electron chi connectivity index (χ3n) is 5.52. The molecule has 0 aliphatic heterocycles. The van der Waals surface area contributed by atoms with Gasteiger partial charge in [0.05, 0.1) is 13.1 Å². The predicted molar refractivity (Wildman–Crippen MR) is 129 cm³/mol. The van der Waals surface area contributed by atoms with Crippen LogP contribution < -0.4 is 10.6 Å². The SMILES string of the molecule is CC(C)(C)OC(=O)NCC(=O)C1C(=O)c2cc3c(cc2C1=O)C(=O)C(C(=O)CNC(=O)OC(C)(C)C)C3=O. The van der Waals surface area contributed by atoms with E-state index in [0.717, 1.165) is 12.1 Å². The molecule has 38 heavy (non-hydrogen) atoms. The van der Waals surface area contributed by atoms with Gasteiger partial charge < -0.3 is 20.1 Å². The first kappa shape index (κ1) is 28.4. The number of amides is 2. The maximum atomic E-state index is 12.9. The molecule has 0 fully saturated rings. The third kappa shape index (κ3) is 5.84. The van der Waals surface area contributed by atoms with Crippen molar-refractivity contribution >= 4 is 46.9 Å². The lowest BCUT2D eigenvalue weighted by Crippen LogP contribution is -2.39. The lowest BCUT2D eigenvalue weighted by atomic mass is 9.97. The highest BCUT2D eigenvalue weighted by Gasteiger charge is 2.48. The summed E-state index contributed by atoms with van der Waals surface area (Å²) in [5.41, 5.74) is -2.58. The van der Waals surface area contributed by atoms with E-state index in [1.807, 2.05) is 0 Å². The molecule has 12 heteroatoms. The molecule has 0 saturated carbocycles. The van der Waals surface area contributed by atoms with E-state index in [0.29, 0.717) is 0 Å². The fourth-order valence-electron chi connectivity index (χ4n) is 4.01. The van der Waals surface area contributed by atoms with Gasteiger partial charge in [0.2, 0.25) is 0 Å². The Morgan fingerprint density at radius 3 is 1.11 bits per heavy atom. The minimum Gasteiger partial charge on any atom is -0.444 e. The monoisotopic (exact) mass is 528 g/mol. The van der Waals surface area contributed by atoms with Gasteiger partial charge in [-0.2, -0.15) is 0 Å². The van der Waals surface area contributed by atoms with E-state index >= 15 is 0 Å². The number of carbonyl (C=O) groups is 8. The average Bonchev–Trinajstić information content (AvgIpc) is 3.16. The van der Waals surface area contributed by atoms with Crippen LogP contribution in [0.25, 0.3) is 0 Å². The zero-order chi connectivity index (χ0) is 28.7. The second-order valence-corrected chi connectivity index (χ2v) is 10.9. The molecule has 12 nitrogen and oxygen atoms in total. The summed E-state index contributed by atoms with van der Waals surface area (Å²) in [5.74, 6) is -8.81. The molecule has 0 unspecified atom stereocenters. The molecule has 1 aromatic rings. The normalized spacial score (nSPS) is 15.7.